The van der Waals surface area contributed by atoms with Crippen molar-refractivity contribution in [2.45, 2.75) is 38.6 Å². The van der Waals surface area contributed by atoms with Crippen LogP contribution in [0.3, 0.4) is 0 Å². The second-order valence-electron chi connectivity index (χ2n) is 8.82. The molecule has 0 radical (unpaired) electrons. The van der Waals surface area contributed by atoms with Crippen LogP contribution in [0.2, 0.25) is 0 Å². The van der Waals surface area contributed by atoms with Gasteiger partial charge in [-0.2, -0.15) is 0 Å². The predicted molar refractivity (Wildman–Crippen MR) is 124 cm³/mol. The average Bonchev–Trinajstić information content (AvgIpc) is 3.33. The molecule has 6 rings (SSSR count). The van der Waals surface area contributed by atoms with E-state index in [4.69, 9.17) is 4.98 Å². The van der Waals surface area contributed by atoms with Crippen molar-refractivity contribution in [3.63, 3.8) is 0 Å². The minimum absolute atomic E-state index is 0.0196. The molecule has 0 aliphatic carbocycles. The number of carbonyl (C=O) groups is 1. The minimum atomic E-state index is 0.0196. The van der Waals surface area contributed by atoms with Gasteiger partial charge in [0.15, 0.2) is 0 Å². The van der Waals surface area contributed by atoms with Crippen LogP contribution in [0.4, 0.5) is 0 Å². The fraction of sp³-hybridized carbons (Fsp3) is 0.400. The van der Waals surface area contributed by atoms with Gasteiger partial charge in [0.1, 0.15) is 5.82 Å². The average molecular weight is 433 g/mol. The highest BCUT2D eigenvalue weighted by Crippen LogP contribution is 2.41. The predicted octanol–water partition coefficient (Wildman–Crippen LogP) is 4.43. The molecule has 3 aliphatic heterocycles. The molecule has 1 amide bonds. The number of amides is 1. The fourth-order valence-electron chi connectivity index (χ4n) is 5.03. The maximum absolute atomic E-state index is 12.5. The summed E-state index contributed by atoms with van der Waals surface area (Å²) in [5.41, 5.74) is 4.11. The maximum Gasteiger partial charge on any atom is 0.251 e. The number of hydrogen-bond acceptors (Lipinski definition) is 5. The molecule has 0 saturated carbocycles. The van der Waals surface area contributed by atoms with Gasteiger partial charge in [-0.25, -0.2) is 9.97 Å². The molecule has 3 fully saturated rings. The summed E-state index contributed by atoms with van der Waals surface area (Å²) in [4.78, 5) is 25.8. The second kappa shape index (κ2) is 8.52. The fourth-order valence-corrected chi connectivity index (χ4v) is 5.72. The quantitative estimate of drug-likeness (QED) is 0.648. The highest BCUT2D eigenvalue weighted by molar-refractivity contribution is 7.13. The number of piperidine rings is 3. The third-order valence-electron chi connectivity index (χ3n) is 6.70. The molecule has 6 heteroatoms. The van der Waals surface area contributed by atoms with Crippen molar-refractivity contribution in [1.29, 1.82) is 0 Å². The van der Waals surface area contributed by atoms with Gasteiger partial charge < -0.3 is 5.32 Å². The van der Waals surface area contributed by atoms with Gasteiger partial charge in [0.25, 0.3) is 5.91 Å². The highest BCUT2D eigenvalue weighted by Gasteiger charge is 2.41. The molecule has 2 bridgehead atoms. The Bertz CT molecular complexity index is 1060. The first-order valence-electron chi connectivity index (χ1n) is 11.0. The minimum Gasteiger partial charge on any atom is -0.350 e. The summed E-state index contributed by atoms with van der Waals surface area (Å²) < 4.78 is 0. The third kappa shape index (κ3) is 4.27. The van der Waals surface area contributed by atoms with Gasteiger partial charge in [0.2, 0.25) is 0 Å². The van der Waals surface area contributed by atoms with E-state index in [-0.39, 0.29) is 5.91 Å². The normalized spacial score (nSPS) is 24.8. The van der Waals surface area contributed by atoms with E-state index in [0.29, 0.717) is 24.4 Å². The lowest BCUT2D eigenvalue weighted by Crippen LogP contribution is -2.56. The van der Waals surface area contributed by atoms with Crippen LogP contribution >= 0.6 is 11.3 Å². The van der Waals surface area contributed by atoms with E-state index in [1.807, 2.05) is 38.1 Å². The largest absolute Gasteiger partial charge is 0.350 e. The number of aromatic nitrogens is 2. The van der Waals surface area contributed by atoms with Crippen molar-refractivity contribution in [3.05, 3.63) is 70.5 Å². The SMILES string of the molecule is Cc1ccc(C(=O)NC[C@H]2C[C@H]3CCN2C[C@@H]3c2cc(-c3cccs3)nc(C)n2)cc1. The summed E-state index contributed by atoms with van der Waals surface area (Å²) in [5.74, 6) is 1.92. The number of carbonyl (C=O) groups excluding carboxylic acids is 1. The van der Waals surface area contributed by atoms with Crippen LogP contribution in [0.15, 0.2) is 47.8 Å². The molecule has 31 heavy (non-hydrogen) atoms. The molecule has 5 nitrogen and oxygen atoms in total. The molecule has 160 valence electrons. The zero-order valence-electron chi connectivity index (χ0n) is 18.0. The van der Waals surface area contributed by atoms with E-state index in [1.54, 1.807) is 11.3 Å². The summed E-state index contributed by atoms with van der Waals surface area (Å²) in [6, 6.07) is 14.6. The van der Waals surface area contributed by atoms with Crippen LogP contribution < -0.4 is 5.32 Å². The molecule has 3 aromatic rings. The van der Waals surface area contributed by atoms with Crippen LogP contribution in [0.25, 0.3) is 10.6 Å². The van der Waals surface area contributed by atoms with E-state index in [2.05, 4.69) is 38.8 Å². The van der Waals surface area contributed by atoms with Crippen molar-refractivity contribution in [2.75, 3.05) is 19.6 Å². The molecule has 5 heterocycles. The van der Waals surface area contributed by atoms with E-state index >= 15 is 0 Å². The molecule has 3 saturated heterocycles. The lowest BCUT2D eigenvalue weighted by atomic mass is 9.74. The van der Waals surface area contributed by atoms with Gasteiger partial charge >= 0.3 is 0 Å². The molecule has 1 unspecified atom stereocenters. The summed E-state index contributed by atoms with van der Waals surface area (Å²) in [5, 5.41) is 5.25. The summed E-state index contributed by atoms with van der Waals surface area (Å²) in [7, 11) is 0. The Hall–Kier alpha value is -2.57. The number of hydrogen-bond donors (Lipinski definition) is 1. The van der Waals surface area contributed by atoms with Gasteiger partial charge in [0, 0.05) is 36.3 Å². The zero-order valence-corrected chi connectivity index (χ0v) is 18.9. The first-order chi connectivity index (χ1) is 15.1. The molecule has 1 aromatic carbocycles. The zero-order chi connectivity index (χ0) is 21.4. The second-order valence-corrected chi connectivity index (χ2v) is 9.77. The molecule has 4 atom stereocenters. The van der Waals surface area contributed by atoms with E-state index < -0.39 is 0 Å². The molecular formula is C25H28N4OS. The maximum atomic E-state index is 12.5. The monoisotopic (exact) mass is 432 g/mol. The van der Waals surface area contributed by atoms with Crippen molar-refractivity contribution < 1.29 is 4.79 Å². The standard InChI is InChI=1S/C25H28N4OS/c1-16-5-7-18(8-6-16)25(30)26-14-20-12-19-9-10-29(20)15-21(19)22-13-23(28-17(2)27-22)24-4-3-11-31-24/h3-8,11,13,19-21H,9-10,12,14-15H2,1-2H3,(H,26,30)/t19-,20-,21+/m1/s1. The number of nitrogens with one attached hydrogen (secondary N) is 1. The van der Waals surface area contributed by atoms with Gasteiger partial charge in [-0.3, -0.25) is 9.69 Å². The number of rotatable bonds is 5. The topological polar surface area (TPSA) is 58.1 Å². The van der Waals surface area contributed by atoms with Crippen LogP contribution in [0, 0.1) is 19.8 Å². The highest BCUT2D eigenvalue weighted by atomic mass is 32.1. The van der Waals surface area contributed by atoms with Gasteiger partial charge in [-0.1, -0.05) is 23.8 Å². The number of thiophene rings is 1. The summed E-state index contributed by atoms with van der Waals surface area (Å²) in [6.45, 7) is 6.85. The van der Waals surface area contributed by atoms with E-state index in [9.17, 15) is 4.79 Å². The smallest absolute Gasteiger partial charge is 0.251 e. The first-order valence-corrected chi connectivity index (χ1v) is 11.9. The van der Waals surface area contributed by atoms with Crippen molar-refractivity contribution in [3.8, 4) is 10.6 Å². The number of fused-ring (bicyclic) bond motifs is 3. The Balaban J connectivity index is 1.26. The molecule has 2 aromatic heterocycles. The van der Waals surface area contributed by atoms with Gasteiger partial charge in [0.05, 0.1) is 10.6 Å². The van der Waals surface area contributed by atoms with Crippen molar-refractivity contribution in [1.82, 2.24) is 20.2 Å². The number of nitrogens with zero attached hydrogens (tertiary/aromatic N) is 3. The Labute approximate surface area is 187 Å². The molecule has 3 aliphatic rings. The Kier molecular flexibility index (Phi) is 5.59. The molecular weight excluding hydrogens is 404 g/mol. The lowest BCUT2D eigenvalue weighted by Gasteiger charge is -2.49. The molecule has 0 spiro atoms. The van der Waals surface area contributed by atoms with Crippen LogP contribution in [0.1, 0.15) is 46.2 Å². The van der Waals surface area contributed by atoms with Crippen LogP contribution in [-0.2, 0) is 0 Å². The lowest BCUT2D eigenvalue weighted by molar-refractivity contribution is 0.0290. The number of benzene rings is 1. The number of aryl methyl sites for hydroxylation is 2. The van der Waals surface area contributed by atoms with Gasteiger partial charge in [-0.05, 0) is 68.8 Å². The summed E-state index contributed by atoms with van der Waals surface area (Å²) >= 11 is 1.72. The van der Waals surface area contributed by atoms with Crippen molar-refractivity contribution >= 4 is 17.2 Å². The Morgan fingerprint density at radius 1 is 1.19 bits per heavy atom. The third-order valence-corrected chi connectivity index (χ3v) is 7.59. The van der Waals surface area contributed by atoms with Crippen LogP contribution in [-0.4, -0.2) is 46.5 Å². The Morgan fingerprint density at radius 2 is 2.03 bits per heavy atom. The van der Waals surface area contributed by atoms with Gasteiger partial charge in [-0.15, -0.1) is 11.3 Å². The van der Waals surface area contributed by atoms with Crippen molar-refractivity contribution in [2.24, 2.45) is 5.92 Å². The molecule has 1 N–H and O–H groups in total. The van der Waals surface area contributed by atoms with Crippen LogP contribution in [0.5, 0.6) is 0 Å². The summed E-state index contributed by atoms with van der Waals surface area (Å²) in [6.07, 6.45) is 2.31. The first kappa shape index (κ1) is 20.3. The van der Waals surface area contributed by atoms with E-state index in [1.165, 1.54) is 22.6 Å². The Morgan fingerprint density at radius 3 is 2.74 bits per heavy atom. The van der Waals surface area contributed by atoms with E-state index in [0.717, 1.165) is 36.6 Å².